The number of morpholine rings is 1. The Morgan fingerprint density at radius 3 is 2.73 bits per heavy atom. The Morgan fingerprint density at radius 2 is 2.09 bits per heavy atom. The van der Waals surface area contributed by atoms with E-state index in [1.165, 1.54) is 0 Å². The van der Waals surface area contributed by atoms with Crippen molar-refractivity contribution in [1.29, 1.82) is 0 Å². The Bertz CT molecular complexity index is 632. The first-order chi connectivity index (χ1) is 10.7. The van der Waals surface area contributed by atoms with Crippen LogP contribution in [0.5, 0.6) is 0 Å². The van der Waals surface area contributed by atoms with E-state index in [1.54, 1.807) is 6.20 Å². The molecular weight excluding hydrogens is 278 g/mol. The number of aryl methyl sites for hydroxylation is 1. The Balaban J connectivity index is 1.65. The molecule has 22 heavy (non-hydrogen) atoms. The van der Waals surface area contributed by atoms with Crippen molar-refractivity contribution in [3.63, 3.8) is 0 Å². The van der Waals surface area contributed by atoms with Gasteiger partial charge in [-0.3, -0.25) is 9.78 Å². The molecule has 114 valence electrons. The van der Waals surface area contributed by atoms with Gasteiger partial charge in [0.2, 0.25) is 0 Å². The fourth-order valence-corrected chi connectivity index (χ4v) is 2.33. The minimum Gasteiger partial charge on any atom is -0.369 e. The van der Waals surface area contributed by atoms with Crippen LogP contribution in [0.3, 0.4) is 0 Å². The summed E-state index contributed by atoms with van der Waals surface area (Å²) in [6, 6.07) is 11.2. The van der Waals surface area contributed by atoms with Crippen LogP contribution in [0.2, 0.25) is 0 Å². The summed E-state index contributed by atoms with van der Waals surface area (Å²) in [4.78, 5) is 16.5. The van der Waals surface area contributed by atoms with E-state index in [1.807, 2.05) is 43.3 Å². The number of hydrogen-bond donors (Lipinski definition) is 2. The van der Waals surface area contributed by atoms with Gasteiger partial charge in [0.05, 0.1) is 24.2 Å². The second-order valence-corrected chi connectivity index (χ2v) is 5.36. The molecule has 2 N–H and O–H groups in total. The van der Waals surface area contributed by atoms with E-state index >= 15 is 0 Å². The highest BCUT2D eigenvalue weighted by Crippen LogP contribution is 2.18. The average Bonchev–Trinajstić information content (AvgIpc) is 2.57. The standard InChI is InChI=1S/C17H19N3O2/c1-12-2-4-13(5-3-12)17(21)20-14-6-7-15(19-10-14)16-11-18-8-9-22-16/h2-7,10,16,18H,8-9,11H2,1H3,(H,20,21)/t16-/m1/s1. The van der Waals surface area contributed by atoms with Crippen LogP contribution in [-0.2, 0) is 4.74 Å². The maximum absolute atomic E-state index is 12.1. The molecule has 0 aliphatic carbocycles. The lowest BCUT2D eigenvalue weighted by Gasteiger charge is -2.23. The molecule has 0 unspecified atom stereocenters. The molecule has 1 saturated heterocycles. The maximum Gasteiger partial charge on any atom is 0.255 e. The Labute approximate surface area is 129 Å². The van der Waals surface area contributed by atoms with Gasteiger partial charge in [-0.15, -0.1) is 0 Å². The van der Waals surface area contributed by atoms with Crippen molar-refractivity contribution in [2.24, 2.45) is 0 Å². The van der Waals surface area contributed by atoms with E-state index in [2.05, 4.69) is 15.6 Å². The normalized spacial score (nSPS) is 18.0. The molecule has 1 aliphatic heterocycles. The van der Waals surface area contributed by atoms with Crippen molar-refractivity contribution in [3.8, 4) is 0 Å². The van der Waals surface area contributed by atoms with E-state index in [4.69, 9.17) is 4.74 Å². The molecule has 1 aliphatic rings. The number of carbonyl (C=O) groups is 1. The predicted molar refractivity (Wildman–Crippen MR) is 84.9 cm³/mol. The summed E-state index contributed by atoms with van der Waals surface area (Å²) in [5.74, 6) is -0.134. The fourth-order valence-electron chi connectivity index (χ4n) is 2.33. The highest BCUT2D eigenvalue weighted by molar-refractivity contribution is 6.04. The van der Waals surface area contributed by atoms with E-state index in [9.17, 15) is 4.79 Å². The summed E-state index contributed by atoms with van der Waals surface area (Å²) in [5.41, 5.74) is 3.32. The molecular formula is C17H19N3O2. The zero-order valence-electron chi connectivity index (χ0n) is 12.5. The largest absolute Gasteiger partial charge is 0.369 e. The fraction of sp³-hybridized carbons (Fsp3) is 0.294. The zero-order chi connectivity index (χ0) is 15.4. The van der Waals surface area contributed by atoms with Gasteiger partial charge in [0, 0.05) is 18.7 Å². The third-order valence-corrected chi connectivity index (χ3v) is 3.62. The van der Waals surface area contributed by atoms with Crippen LogP contribution in [0, 0.1) is 6.92 Å². The van der Waals surface area contributed by atoms with Gasteiger partial charge in [-0.25, -0.2) is 0 Å². The topological polar surface area (TPSA) is 63.2 Å². The molecule has 1 fully saturated rings. The number of amides is 1. The second kappa shape index (κ2) is 6.68. The number of rotatable bonds is 3. The van der Waals surface area contributed by atoms with Crippen LogP contribution in [0.1, 0.15) is 27.7 Å². The van der Waals surface area contributed by atoms with Crippen LogP contribution in [-0.4, -0.2) is 30.6 Å². The summed E-state index contributed by atoms with van der Waals surface area (Å²) in [7, 11) is 0. The lowest BCUT2D eigenvalue weighted by Crippen LogP contribution is -2.33. The summed E-state index contributed by atoms with van der Waals surface area (Å²) in [6.07, 6.45) is 1.65. The first-order valence-corrected chi connectivity index (χ1v) is 7.39. The number of carbonyl (C=O) groups excluding carboxylic acids is 1. The molecule has 5 heteroatoms. The molecule has 1 amide bonds. The van der Waals surface area contributed by atoms with Gasteiger partial charge in [0.1, 0.15) is 6.10 Å². The summed E-state index contributed by atoms with van der Waals surface area (Å²) < 4.78 is 5.65. The van der Waals surface area contributed by atoms with Gasteiger partial charge in [0.25, 0.3) is 5.91 Å². The average molecular weight is 297 g/mol. The molecule has 0 bridgehead atoms. The smallest absolute Gasteiger partial charge is 0.255 e. The van der Waals surface area contributed by atoms with Crippen molar-refractivity contribution < 1.29 is 9.53 Å². The van der Waals surface area contributed by atoms with Crippen molar-refractivity contribution >= 4 is 11.6 Å². The van der Waals surface area contributed by atoms with E-state index in [0.717, 1.165) is 24.3 Å². The summed E-state index contributed by atoms with van der Waals surface area (Å²) in [6.45, 7) is 4.33. The van der Waals surface area contributed by atoms with Crippen LogP contribution >= 0.6 is 0 Å². The summed E-state index contributed by atoms with van der Waals surface area (Å²) in [5, 5.41) is 6.12. The first-order valence-electron chi connectivity index (χ1n) is 7.39. The lowest BCUT2D eigenvalue weighted by atomic mass is 10.1. The molecule has 1 aromatic heterocycles. The van der Waals surface area contributed by atoms with E-state index in [-0.39, 0.29) is 12.0 Å². The number of nitrogens with one attached hydrogen (secondary N) is 2. The van der Waals surface area contributed by atoms with E-state index < -0.39 is 0 Å². The van der Waals surface area contributed by atoms with Gasteiger partial charge in [-0.2, -0.15) is 0 Å². The summed E-state index contributed by atoms with van der Waals surface area (Å²) >= 11 is 0. The molecule has 1 atom stereocenters. The Hall–Kier alpha value is -2.24. The number of ether oxygens (including phenoxy) is 1. The van der Waals surface area contributed by atoms with Gasteiger partial charge >= 0.3 is 0 Å². The third-order valence-electron chi connectivity index (χ3n) is 3.62. The molecule has 1 aromatic carbocycles. The predicted octanol–water partition coefficient (Wildman–Crippen LogP) is 2.30. The van der Waals surface area contributed by atoms with Crippen LogP contribution in [0.15, 0.2) is 42.6 Å². The minimum absolute atomic E-state index is 0.0180. The number of pyridine rings is 1. The number of anilines is 1. The third kappa shape index (κ3) is 3.50. The molecule has 2 aromatic rings. The Morgan fingerprint density at radius 1 is 1.27 bits per heavy atom. The highest BCUT2D eigenvalue weighted by atomic mass is 16.5. The van der Waals surface area contributed by atoms with Gasteiger partial charge in [-0.05, 0) is 31.2 Å². The van der Waals surface area contributed by atoms with Crippen molar-refractivity contribution in [3.05, 3.63) is 59.4 Å². The zero-order valence-corrected chi connectivity index (χ0v) is 12.5. The van der Waals surface area contributed by atoms with Gasteiger partial charge in [-0.1, -0.05) is 17.7 Å². The van der Waals surface area contributed by atoms with Crippen molar-refractivity contribution in [2.75, 3.05) is 25.0 Å². The monoisotopic (exact) mass is 297 g/mol. The number of hydrogen-bond acceptors (Lipinski definition) is 4. The lowest BCUT2D eigenvalue weighted by molar-refractivity contribution is 0.0250. The molecule has 0 radical (unpaired) electrons. The number of aromatic nitrogens is 1. The number of nitrogens with zero attached hydrogens (tertiary/aromatic N) is 1. The molecule has 5 nitrogen and oxygen atoms in total. The van der Waals surface area contributed by atoms with Crippen LogP contribution < -0.4 is 10.6 Å². The molecule has 2 heterocycles. The maximum atomic E-state index is 12.1. The van der Waals surface area contributed by atoms with Crippen LogP contribution in [0.4, 0.5) is 5.69 Å². The molecule has 0 spiro atoms. The quantitative estimate of drug-likeness (QED) is 0.912. The molecule has 3 rings (SSSR count). The van der Waals surface area contributed by atoms with Crippen molar-refractivity contribution in [2.45, 2.75) is 13.0 Å². The van der Waals surface area contributed by atoms with Gasteiger partial charge in [0.15, 0.2) is 0 Å². The highest BCUT2D eigenvalue weighted by Gasteiger charge is 2.16. The van der Waals surface area contributed by atoms with Crippen LogP contribution in [0.25, 0.3) is 0 Å². The van der Waals surface area contributed by atoms with E-state index in [0.29, 0.717) is 17.9 Å². The van der Waals surface area contributed by atoms with Crippen molar-refractivity contribution in [1.82, 2.24) is 10.3 Å². The number of benzene rings is 1. The minimum atomic E-state index is -0.134. The molecule has 0 saturated carbocycles. The second-order valence-electron chi connectivity index (χ2n) is 5.36. The van der Waals surface area contributed by atoms with Gasteiger partial charge < -0.3 is 15.4 Å². The first kappa shape index (κ1) is 14.7. The Kier molecular flexibility index (Phi) is 4.46. The SMILES string of the molecule is Cc1ccc(C(=O)Nc2ccc([C@H]3CNCCO3)nc2)cc1.